The maximum absolute atomic E-state index is 3.54. The first-order valence-corrected chi connectivity index (χ1v) is 7.54. The molecule has 0 aromatic carbocycles. The fourth-order valence-corrected chi connectivity index (χ4v) is 3.13. The maximum atomic E-state index is 3.54. The minimum Gasteiger partial charge on any atom is -0.349 e. The van der Waals surface area contributed by atoms with E-state index in [2.05, 4.69) is 53.5 Å². The zero-order chi connectivity index (χ0) is 13.0. The number of hydrogen-bond donors (Lipinski definition) is 1. The lowest BCUT2D eigenvalue weighted by atomic mass is 10.2. The quantitative estimate of drug-likeness (QED) is 0.788. The van der Waals surface area contributed by atoms with Gasteiger partial charge in [0.15, 0.2) is 0 Å². The number of nitrogens with zero attached hydrogens (tertiary/aromatic N) is 1. The van der Waals surface area contributed by atoms with Gasteiger partial charge in [-0.25, -0.2) is 0 Å². The van der Waals surface area contributed by atoms with Crippen LogP contribution in [0.25, 0.3) is 0 Å². The lowest BCUT2D eigenvalue weighted by molar-refractivity contribution is 0.673. The van der Waals surface area contributed by atoms with Crippen molar-refractivity contribution in [2.24, 2.45) is 0 Å². The third-order valence-electron chi connectivity index (χ3n) is 3.48. The second-order valence-corrected chi connectivity index (χ2v) is 5.48. The molecule has 18 heavy (non-hydrogen) atoms. The van der Waals surface area contributed by atoms with Crippen molar-refractivity contribution in [3.05, 3.63) is 45.4 Å². The van der Waals surface area contributed by atoms with E-state index in [0.717, 1.165) is 26.1 Å². The minimum absolute atomic E-state index is 0.976. The molecule has 98 valence electrons. The molecule has 0 saturated heterocycles. The van der Waals surface area contributed by atoms with E-state index in [1.54, 1.807) is 11.3 Å². The molecule has 2 aromatic heterocycles. The zero-order valence-electron chi connectivity index (χ0n) is 11.5. The summed E-state index contributed by atoms with van der Waals surface area (Å²) in [7, 11) is 0. The smallest absolute Gasteiger partial charge is 0.0223 e. The molecule has 0 saturated carbocycles. The third-order valence-corrected chi connectivity index (χ3v) is 4.21. The van der Waals surface area contributed by atoms with E-state index in [0.29, 0.717) is 0 Å². The standard InChI is InChI=1S/C15H22N2S/c1-4-17-12(2)9-15(13(17)3)10-16-7-5-14-6-8-18-11-14/h6,8-9,11,16H,4-5,7,10H2,1-3H3. The Morgan fingerprint density at radius 1 is 1.33 bits per heavy atom. The third kappa shape index (κ3) is 3.03. The summed E-state index contributed by atoms with van der Waals surface area (Å²) in [6, 6.07) is 4.51. The first-order valence-electron chi connectivity index (χ1n) is 6.59. The fraction of sp³-hybridized carbons (Fsp3) is 0.467. The van der Waals surface area contributed by atoms with E-state index < -0.39 is 0 Å². The van der Waals surface area contributed by atoms with Crippen molar-refractivity contribution in [2.45, 2.75) is 40.3 Å². The van der Waals surface area contributed by atoms with Crippen molar-refractivity contribution >= 4 is 11.3 Å². The van der Waals surface area contributed by atoms with Gasteiger partial charge in [0, 0.05) is 24.5 Å². The number of hydrogen-bond acceptors (Lipinski definition) is 2. The molecule has 0 radical (unpaired) electrons. The normalized spacial score (nSPS) is 11.1. The van der Waals surface area contributed by atoms with Gasteiger partial charge in [-0.1, -0.05) is 0 Å². The van der Waals surface area contributed by atoms with Crippen molar-refractivity contribution in [3.63, 3.8) is 0 Å². The van der Waals surface area contributed by atoms with Gasteiger partial charge in [0.2, 0.25) is 0 Å². The molecule has 3 heteroatoms. The average Bonchev–Trinajstić information content (AvgIpc) is 2.94. The predicted molar refractivity (Wildman–Crippen MR) is 79.3 cm³/mol. The molecular weight excluding hydrogens is 240 g/mol. The molecule has 0 aliphatic carbocycles. The monoisotopic (exact) mass is 262 g/mol. The zero-order valence-corrected chi connectivity index (χ0v) is 12.3. The van der Waals surface area contributed by atoms with Crippen LogP contribution in [0, 0.1) is 13.8 Å². The van der Waals surface area contributed by atoms with Gasteiger partial charge in [-0.05, 0) is 67.8 Å². The van der Waals surface area contributed by atoms with Gasteiger partial charge in [-0.15, -0.1) is 0 Å². The summed E-state index contributed by atoms with van der Waals surface area (Å²) in [4.78, 5) is 0. The molecule has 0 fully saturated rings. The molecule has 2 heterocycles. The van der Waals surface area contributed by atoms with Gasteiger partial charge >= 0.3 is 0 Å². The van der Waals surface area contributed by atoms with Crippen molar-refractivity contribution in [1.29, 1.82) is 0 Å². The van der Waals surface area contributed by atoms with Crippen LogP contribution in [0.5, 0.6) is 0 Å². The van der Waals surface area contributed by atoms with E-state index in [1.807, 2.05) is 0 Å². The number of thiophene rings is 1. The number of aryl methyl sites for hydroxylation is 1. The molecule has 0 spiro atoms. The lowest BCUT2D eigenvalue weighted by Crippen LogP contribution is -2.16. The molecule has 0 aliphatic rings. The van der Waals surface area contributed by atoms with Crippen LogP contribution in [-0.4, -0.2) is 11.1 Å². The summed E-state index contributed by atoms with van der Waals surface area (Å²) in [6.45, 7) is 9.69. The molecular formula is C15H22N2S. The van der Waals surface area contributed by atoms with Gasteiger partial charge in [-0.3, -0.25) is 0 Å². The summed E-state index contributed by atoms with van der Waals surface area (Å²) in [5.41, 5.74) is 5.63. The Kier molecular flexibility index (Phi) is 4.61. The summed E-state index contributed by atoms with van der Waals surface area (Å²) in [6.07, 6.45) is 1.12. The van der Waals surface area contributed by atoms with Crippen LogP contribution in [0.3, 0.4) is 0 Å². The first-order chi connectivity index (χ1) is 8.72. The molecule has 2 rings (SSSR count). The summed E-state index contributed by atoms with van der Waals surface area (Å²) in [5, 5.41) is 7.91. The van der Waals surface area contributed by atoms with Crippen molar-refractivity contribution in [2.75, 3.05) is 6.54 Å². The molecule has 0 atom stereocenters. The van der Waals surface area contributed by atoms with Crippen molar-refractivity contribution in [3.8, 4) is 0 Å². The Labute approximate surface area is 114 Å². The Morgan fingerprint density at radius 2 is 2.17 bits per heavy atom. The van der Waals surface area contributed by atoms with Gasteiger partial charge in [0.25, 0.3) is 0 Å². The van der Waals surface area contributed by atoms with Crippen molar-refractivity contribution < 1.29 is 0 Å². The Morgan fingerprint density at radius 3 is 2.78 bits per heavy atom. The predicted octanol–water partition coefficient (Wildman–Crippen LogP) is 3.52. The molecule has 1 N–H and O–H groups in total. The fourth-order valence-electron chi connectivity index (χ4n) is 2.43. The summed E-state index contributed by atoms with van der Waals surface area (Å²) in [5.74, 6) is 0. The average molecular weight is 262 g/mol. The molecule has 0 bridgehead atoms. The van der Waals surface area contributed by atoms with E-state index in [1.165, 1.54) is 22.5 Å². The van der Waals surface area contributed by atoms with Crippen LogP contribution in [-0.2, 0) is 19.5 Å². The Hall–Kier alpha value is -1.06. The maximum Gasteiger partial charge on any atom is 0.0223 e. The van der Waals surface area contributed by atoms with Gasteiger partial charge in [-0.2, -0.15) is 11.3 Å². The van der Waals surface area contributed by atoms with Crippen LogP contribution in [0.4, 0.5) is 0 Å². The summed E-state index contributed by atoms with van der Waals surface area (Å²) >= 11 is 1.77. The van der Waals surface area contributed by atoms with E-state index >= 15 is 0 Å². The lowest BCUT2D eigenvalue weighted by Gasteiger charge is -2.07. The van der Waals surface area contributed by atoms with E-state index in [-0.39, 0.29) is 0 Å². The highest BCUT2D eigenvalue weighted by atomic mass is 32.1. The van der Waals surface area contributed by atoms with Crippen LogP contribution in [0.15, 0.2) is 22.9 Å². The molecule has 2 aromatic rings. The minimum atomic E-state index is 0.976. The number of rotatable bonds is 6. The van der Waals surface area contributed by atoms with E-state index in [4.69, 9.17) is 0 Å². The number of nitrogens with one attached hydrogen (secondary N) is 1. The second-order valence-electron chi connectivity index (χ2n) is 4.70. The largest absolute Gasteiger partial charge is 0.349 e. The second kappa shape index (κ2) is 6.21. The van der Waals surface area contributed by atoms with Crippen LogP contribution < -0.4 is 5.32 Å². The van der Waals surface area contributed by atoms with Crippen LogP contribution in [0.2, 0.25) is 0 Å². The highest BCUT2D eigenvalue weighted by molar-refractivity contribution is 7.07. The SMILES string of the molecule is CCn1c(C)cc(CNCCc2ccsc2)c1C. The van der Waals surface area contributed by atoms with E-state index in [9.17, 15) is 0 Å². The highest BCUT2D eigenvalue weighted by Gasteiger charge is 2.06. The van der Waals surface area contributed by atoms with Crippen LogP contribution >= 0.6 is 11.3 Å². The van der Waals surface area contributed by atoms with Crippen molar-refractivity contribution in [1.82, 2.24) is 9.88 Å². The topological polar surface area (TPSA) is 17.0 Å². The van der Waals surface area contributed by atoms with Crippen LogP contribution in [0.1, 0.15) is 29.4 Å². The molecule has 0 amide bonds. The summed E-state index contributed by atoms with van der Waals surface area (Å²) < 4.78 is 2.37. The highest BCUT2D eigenvalue weighted by Crippen LogP contribution is 2.14. The molecule has 0 aliphatic heterocycles. The van der Waals surface area contributed by atoms with Gasteiger partial charge < -0.3 is 9.88 Å². The first kappa shape index (κ1) is 13.4. The Balaban J connectivity index is 1.83. The van der Waals surface area contributed by atoms with Gasteiger partial charge in [0.1, 0.15) is 0 Å². The Bertz CT molecular complexity index is 483. The molecule has 0 unspecified atom stereocenters. The number of aromatic nitrogens is 1. The molecule has 2 nitrogen and oxygen atoms in total. The van der Waals surface area contributed by atoms with Gasteiger partial charge in [0.05, 0.1) is 0 Å².